The van der Waals surface area contributed by atoms with E-state index < -0.39 is 0 Å². The zero-order valence-electron chi connectivity index (χ0n) is 16.8. The number of thiophene rings is 1. The Hall–Kier alpha value is -3.45. The van der Waals surface area contributed by atoms with Gasteiger partial charge in [-0.05, 0) is 55.8 Å². The molecule has 0 radical (unpaired) electrons. The van der Waals surface area contributed by atoms with Crippen LogP contribution in [-0.2, 0) is 6.42 Å². The molecule has 0 bridgehead atoms. The van der Waals surface area contributed by atoms with Crippen LogP contribution in [0.2, 0.25) is 0 Å². The van der Waals surface area contributed by atoms with Crippen LogP contribution in [0.1, 0.15) is 45.3 Å². The average molecular weight is 419 g/mol. The van der Waals surface area contributed by atoms with Crippen molar-refractivity contribution < 1.29 is 9.21 Å². The van der Waals surface area contributed by atoms with E-state index in [0.717, 1.165) is 34.2 Å². The maximum Gasteiger partial charge on any atom is 0.291 e. The second-order valence-corrected chi connectivity index (χ2v) is 7.92. The van der Waals surface area contributed by atoms with Crippen molar-refractivity contribution in [1.29, 1.82) is 0 Å². The van der Waals surface area contributed by atoms with Crippen molar-refractivity contribution in [2.75, 3.05) is 10.6 Å². The Morgan fingerprint density at radius 1 is 1.17 bits per heavy atom. The fourth-order valence-electron chi connectivity index (χ4n) is 3.15. The Bertz CT molecular complexity index is 1120. The summed E-state index contributed by atoms with van der Waals surface area (Å²) in [7, 11) is 0. The standard InChI is InChI=1S/C23H22N4O2S/c1-3-16-14-17(23(30-16)27-22(28)19-10-7-13-29-19)21(18-9-4-5-12-24-18)26-20-11-6-8-15(2)25-20/h4-14,21H,3H2,1-2H3,(H,25,26)(H,27,28)/t21-/m1/s1. The van der Waals surface area contributed by atoms with E-state index in [1.807, 2.05) is 43.3 Å². The third-order valence-corrected chi connectivity index (χ3v) is 5.82. The number of carbonyl (C=O) groups is 1. The summed E-state index contributed by atoms with van der Waals surface area (Å²) in [5.74, 6) is 0.743. The van der Waals surface area contributed by atoms with Gasteiger partial charge < -0.3 is 15.1 Å². The second-order valence-electron chi connectivity index (χ2n) is 6.78. The lowest BCUT2D eigenvalue weighted by atomic mass is 10.0. The predicted octanol–water partition coefficient (Wildman–Crippen LogP) is 5.46. The number of rotatable bonds is 7. The van der Waals surface area contributed by atoms with Crippen molar-refractivity contribution in [1.82, 2.24) is 9.97 Å². The van der Waals surface area contributed by atoms with Crippen molar-refractivity contribution in [2.45, 2.75) is 26.3 Å². The first-order valence-electron chi connectivity index (χ1n) is 9.72. The minimum absolute atomic E-state index is 0.273. The Morgan fingerprint density at radius 3 is 2.77 bits per heavy atom. The molecule has 0 saturated heterocycles. The largest absolute Gasteiger partial charge is 0.459 e. The highest BCUT2D eigenvalue weighted by Crippen LogP contribution is 2.37. The van der Waals surface area contributed by atoms with Gasteiger partial charge in [0.1, 0.15) is 10.8 Å². The summed E-state index contributed by atoms with van der Waals surface area (Å²) in [5.41, 5.74) is 2.71. The zero-order valence-corrected chi connectivity index (χ0v) is 17.6. The molecule has 0 spiro atoms. The molecule has 0 aromatic carbocycles. The topological polar surface area (TPSA) is 80.0 Å². The quantitative estimate of drug-likeness (QED) is 0.417. The molecule has 152 valence electrons. The summed E-state index contributed by atoms with van der Waals surface area (Å²) in [6.45, 7) is 4.05. The van der Waals surface area contributed by atoms with Crippen LogP contribution in [0.5, 0.6) is 0 Å². The first-order chi connectivity index (χ1) is 14.6. The molecule has 0 aliphatic heterocycles. The van der Waals surface area contributed by atoms with Crippen LogP contribution in [0.15, 0.2) is 71.5 Å². The van der Waals surface area contributed by atoms with E-state index in [-0.39, 0.29) is 17.7 Å². The van der Waals surface area contributed by atoms with Gasteiger partial charge in [-0.1, -0.05) is 19.1 Å². The third-order valence-electron chi connectivity index (χ3n) is 4.61. The molecule has 0 saturated carbocycles. The number of aromatic nitrogens is 2. The Kier molecular flexibility index (Phi) is 5.90. The Balaban J connectivity index is 1.74. The van der Waals surface area contributed by atoms with Crippen LogP contribution in [0.3, 0.4) is 0 Å². The summed E-state index contributed by atoms with van der Waals surface area (Å²) in [5, 5.41) is 7.28. The number of carbonyl (C=O) groups excluding carboxylic acids is 1. The van der Waals surface area contributed by atoms with Gasteiger partial charge in [0.25, 0.3) is 5.91 Å². The summed E-state index contributed by atoms with van der Waals surface area (Å²) in [6, 6.07) is 16.8. The average Bonchev–Trinajstić information content (AvgIpc) is 3.43. The van der Waals surface area contributed by atoms with E-state index >= 15 is 0 Å². The maximum atomic E-state index is 12.6. The van der Waals surface area contributed by atoms with Crippen molar-refractivity contribution in [2.24, 2.45) is 0 Å². The Morgan fingerprint density at radius 2 is 2.07 bits per heavy atom. The van der Waals surface area contributed by atoms with E-state index in [2.05, 4.69) is 33.6 Å². The van der Waals surface area contributed by atoms with Crippen molar-refractivity contribution in [3.8, 4) is 0 Å². The van der Waals surface area contributed by atoms with Gasteiger partial charge in [0.15, 0.2) is 5.76 Å². The molecule has 0 aliphatic rings. The molecule has 4 rings (SSSR count). The van der Waals surface area contributed by atoms with Gasteiger partial charge in [0.05, 0.1) is 18.0 Å². The molecule has 7 heteroatoms. The lowest BCUT2D eigenvalue weighted by Gasteiger charge is -2.20. The molecule has 4 aromatic heterocycles. The van der Waals surface area contributed by atoms with Gasteiger partial charge in [0, 0.05) is 22.3 Å². The molecule has 30 heavy (non-hydrogen) atoms. The number of hydrogen-bond acceptors (Lipinski definition) is 6. The molecule has 4 aromatic rings. The third kappa shape index (κ3) is 4.41. The van der Waals surface area contributed by atoms with Crippen LogP contribution in [0.4, 0.5) is 10.8 Å². The van der Waals surface area contributed by atoms with Crippen LogP contribution in [-0.4, -0.2) is 15.9 Å². The summed E-state index contributed by atoms with van der Waals surface area (Å²) in [4.78, 5) is 23.0. The summed E-state index contributed by atoms with van der Waals surface area (Å²) < 4.78 is 5.25. The van der Waals surface area contributed by atoms with Crippen molar-refractivity contribution >= 4 is 28.1 Å². The van der Waals surface area contributed by atoms with Gasteiger partial charge >= 0.3 is 0 Å². The molecular formula is C23H22N4O2S. The molecule has 4 heterocycles. The number of furan rings is 1. The van der Waals surface area contributed by atoms with Gasteiger partial charge in [-0.15, -0.1) is 11.3 Å². The van der Waals surface area contributed by atoms with E-state index in [0.29, 0.717) is 0 Å². The van der Waals surface area contributed by atoms with Gasteiger partial charge in [-0.3, -0.25) is 9.78 Å². The smallest absolute Gasteiger partial charge is 0.291 e. The number of hydrogen-bond donors (Lipinski definition) is 2. The number of nitrogens with zero attached hydrogens (tertiary/aromatic N) is 2. The van der Waals surface area contributed by atoms with Gasteiger partial charge in [0.2, 0.25) is 0 Å². The molecule has 0 fully saturated rings. The highest BCUT2D eigenvalue weighted by atomic mass is 32.1. The monoisotopic (exact) mass is 418 g/mol. The predicted molar refractivity (Wildman–Crippen MR) is 119 cm³/mol. The lowest BCUT2D eigenvalue weighted by Crippen LogP contribution is -2.17. The molecule has 0 unspecified atom stereocenters. The number of amides is 1. The highest BCUT2D eigenvalue weighted by Gasteiger charge is 2.24. The van der Waals surface area contributed by atoms with E-state index in [1.165, 1.54) is 11.1 Å². The Labute approximate surface area is 179 Å². The minimum Gasteiger partial charge on any atom is -0.459 e. The second kappa shape index (κ2) is 8.92. The fraction of sp³-hybridized carbons (Fsp3) is 0.174. The highest BCUT2D eigenvalue weighted by molar-refractivity contribution is 7.16. The van der Waals surface area contributed by atoms with E-state index in [1.54, 1.807) is 29.7 Å². The van der Waals surface area contributed by atoms with Crippen LogP contribution in [0.25, 0.3) is 0 Å². The first-order valence-corrected chi connectivity index (χ1v) is 10.5. The van der Waals surface area contributed by atoms with Crippen molar-refractivity contribution in [3.05, 3.63) is 94.6 Å². The number of pyridine rings is 2. The number of nitrogens with one attached hydrogen (secondary N) is 2. The van der Waals surface area contributed by atoms with Gasteiger partial charge in [-0.2, -0.15) is 0 Å². The first kappa shape index (κ1) is 19.8. The van der Waals surface area contributed by atoms with Crippen LogP contribution < -0.4 is 10.6 Å². The van der Waals surface area contributed by atoms with Crippen LogP contribution in [0, 0.1) is 6.92 Å². The van der Waals surface area contributed by atoms with E-state index in [4.69, 9.17) is 4.42 Å². The molecule has 2 N–H and O–H groups in total. The van der Waals surface area contributed by atoms with E-state index in [9.17, 15) is 4.79 Å². The lowest BCUT2D eigenvalue weighted by molar-refractivity contribution is 0.0997. The maximum absolute atomic E-state index is 12.6. The molecular weight excluding hydrogens is 396 g/mol. The molecule has 1 atom stereocenters. The fourth-order valence-corrected chi connectivity index (χ4v) is 4.18. The minimum atomic E-state index is -0.279. The molecule has 6 nitrogen and oxygen atoms in total. The number of anilines is 2. The zero-order chi connectivity index (χ0) is 20.9. The van der Waals surface area contributed by atoms with Gasteiger partial charge in [-0.25, -0.2) is 4.98 Å². The van der Waals surface area contributed by atoms with Crippen LogP contribution >= 0.6 is 11.3 Å². The molecule has 1 amide bonds. The SMILES string of the molecule is CCc1cc([C@@H](Nc2cccc(C)n2)c2ccccn2)c(NC(=O)c2ccco2)s1. The molecule has 0 aliphatic carbocycles. The summed E-state index contributed by atoms with van der Waals surface area (Å²) >= 11 is 1.56. The summed E-state index contributed by atoms with van der Waals surface area (Å²) in [6.07, 6.45) is 4.12. The van der Waals surface area contributed by atoms with Crippen molar-refractivity contribution in [3.63, 3.8) is 0 Å². The normalized spacial score (nSPS) is 11.8. The number of aryl methyl sites for hydroxylation is 2.